The number of pyridine rings is 1. The summed E-state index contributed by atoms with van der Waals surface area (Å²) in [6, 6.07) is 20.3. The maximum absolute atomic E-state index is 13.3. The monoisotopic (exact) mass is 566 g/mol. The average molecular weight is 567 g/mol. The second-order valence-corrected chi connectivity index (χ2v) is 10.5. The van der Waals surface area contributed by atoms with E-state index in [1.165, 1.54) is 0 Å². The minimum atomic E-state index is -0.757. The molecule has 1 aliphatic rings. The standard InChI is InChI=1S/C33H34N4O5/c1-20-22(10-9-17-34-20)31(38)42-21-13-14-24(29(18-21)41-6)23-15-16-27-30(37(4)32(39)33(2,3)36-27)25(23)19-35-26-11-7-8-12-28(26)40-5/h7-18,35-36H,19H2,1-6H3. The highest BCUT2D eigenvalue weighted by atomic mass is 16.5. The molecule has 5 rings (SSSR count). The number of methoxy groups -OCH3 is 2. The Kier molecular flexibility index (Phi) is 7.76. The number of nitrogens with zero attached hydrogens (tertiary/aromatic N) is 2. The van der Waals surface area contributed by atoms with Gasteiger partial charge in [0.15, 0.2) is 0 Å². The first-order valence-corrected chi connectivity index (χ1v) is 13.6. The van der Waals surface area contributed by atoms with E-state index in [1.807, 2.05) is 56.3 Å². The summed E-state index contributed by atoms with van der Waals surface area (Å²) in [4.78, 5) is 32.0. The van der Waals surface area contributed by atoms with Gasteiger partial charge in [-0.05, 0) is 68.8 Å². The van der Waals surface area contributed by atoms with Gasteiger partial charge in [-0.1, -0.05) is 18.2 Å². The van der Waals surface area contributed by atoms with E-state index < -0.39 is 11.5 Å². The van der Waals surface area contributed by atoms with Crippen LogP contribution in [0.5, 0.6) is 17.2 Å². The van der Waals surface area contributed by atoms with E-state index in [0.29, 0.717) is 35.1 Å². The molecule has 1 aromatic heterocycles. The number of anilines is 3. The summed E-state index contributed by atoms with van der Waals surface area (Å²) in [6.07, 6.45) is 1.63. The number of carbonyl (C=O) groups excluding carboxylic acids is 2. The molecular formula is C33H34N4O5. The van der Waals surface area contributed by atoms with E-state index >= 15 is 0 Å². The lowest BCUT2D eigenvalue weighted by Crippen LogP contribution is -2.52. The van der Waals surface area contributed by atoms with E-state index in [1.54, 1.807) is 63.6 Å². The van der Waals surface area contributed by atoms with E-state index in [4.69, 9.17) is 14.2 Å². The van der Waals surface area contributed by atoms with Crippen molar-refractivity contribution in [3.8, 4) is 28.4 Å². The molecule has 2 heterocycles. The first-order valence-electron chi connectivity index (χ1n) is 13.6. The number of benzene rings is 3. The van der Waals surface area contributed by atoms with Gasteiger partial charge in [-0.2, -0.15) is 0 Å². The molecule has 0 spiro atoms. The normalized spacial score (nSPS) is 13.6. The predicted octanol–water partition coefficient (Wildman–Crippen LogP) is 6.07. The third-order valence-electron chi connectivity index (χ3n) is 7.37. The summed E-state index contributed by atoms with van der Waals surface area (Å²) in [6.45, 7) is 5.88. The van der Waals surface area contributed by atoms with Crippen LogP contribution in [0.15, 0.2) is 72.9 Å². The van der Waals surface area contributed by atoms with Crippen LogP contribution in [-0.4, -0.2) is 43.7 Å². The fourth-order valence-electron chi connectivity index (χ4n) is 5.26. The predicted molar refractivity (Wildman–Crippen MR) is 164 cm³/mol. The number of hydrogen-bond acceptors (Lipinski definition) is 8. The van der Waals surface area contributed by atoms with Gasteiger partial charge in [-0.3, -0.25) is 9.78 Å². The molecule has 216 valence electrons. The molecule has 1 aliphatic heterocycles. The number of para-hydroxylation sites is 2. The Morgan fingerprint density at radius 3 is 2.45 bits per heavy atom. The Morgan fingerprint density at radius 2 is 1.71 bits per heavy atom. The number of aromatic nitrogens is 1. The maximum Gasteiger partial charge on any atom is 0.345 e. The zero-order valence-corrected chi connectivity index (χ0v) is 24.6. The molecule has 3 aromatic carbocycles. The van der Waals surface area contributed by atoms with Crippen molar-refractivity contribution in [3.63, 3.8) is 0 Å². The van der Waals surface area contributed by atoms with Crippen molar-refractivity contribution in [3.05, 3.63) is 89.7 Å². The molecule has 2 N–H and O–H groups in total. The molecule has 4 aromatic rings. The summed E-state index contributed by atoms with van der Waals surface area (Å²) in [7, 11) is 4.99. The Labute approximate surface area is 245 Å². The van der Waals surface area contributed by atoms with Gasteiger partial charge in [0.25, 0.3) is 5.91 Å². The first kappa shape index (κ1) is 28.5. The van der Waals surface area contributed by atoms with Crippen molar-refractivity contribution >= 4 is 28.9 Å². The second kappa shape index (κ2) is 11.4. The number of carbonyl (C=O) groups is 2. The fraction of sp³-hybridized carbons (Fsp3) is 0.242. The molecule has 0 fully saturated rings. The number of hydrogen-bond donors (Lipinski definition) is 2. The fourth-order valence-corrected chi connectivity index (χ4v) is 5.26. The van der Waals surface area contributed by atoms with Crippen LogP contribution in [0.1, 0.15) is 35.5 Å². The van der Waals surface area contributed by atoms with Gasteiger partial charge >= 0.3 is 5.97 Å². The number of nitrogens with one attached hydrogen (secondary N) is 2. The quantitative estimate of drug-likeness (QED) is 0.196. The van der Waals surface area contributed by atoms with Crippen molar-refractivity contribution in [2.75, 3.05) is 36.8 Å². The van der Waals surface area contributed by atoms with Crippen LogP contribution in [-0.2, 0) is 11.3 Å². The summed E-state index contributed by atoms with van der Waals surface area (Å²) in [5.74, 6) is 1.01. The van der Waals surface area contributed by atoms with Crippen molar-refractivity contribution in [1.29, 1.82) is 0 Å². The minimum Gasteiger partial charge on any atom is -0.496 e. The van der Waals surface area contributed by atoms with E-state index in [9.17, 15) is 9.59 Å². The molecule has 0 saturated carbocycles. The third-order valence-corrected chi connectivity index (χ3v) is 7.37. The largest absolute Gasteiger partial charge is 0.496 e. The van der Waals surface area contributed by atoms with Crippen molar-refractivity contribution in [2.45, 2.75) is 32.9 Å². The summed E-state index contributed by atoms with van der Waals surface area (Å²) < 4.78 is 17.0. The lowest BCUT2D eigenvalue weighted by Gasteiger charge is -2.40. The molecule has 0 bridgehead atoms. The van der Waals surface area contributed by atoms with Crippen LogP contribution in [0.3, 0.4) is 0 Å². The van der Waals surface area contributed by atoms with Crippen molar-refractivity contribution < 1.29 is 23.8 Å². The smallest absolute Gasteiger partial charge is 0.345 e. The van der Waals surface area contributed by atoms with Gasteiger partial charge in [0, 0.05) is 37.0 Å². The second-order valence-electron chi connectivity index (χ2n) is 10.5. The van der Waals surface area contributed by atoms with Gasteiger partial charge in [-0.15, -0.1) is 0 Å². The van der Waals surface area contributed by atoms with Crippen molar-refractivity contribution in [2.24, 2.45) is 0 Å². The van der Waals surface area contributed by atoms with Gasteiger partial charge in [0.1, 0.15) is 22.8 Å². The van der Waals surface area contributed by atoms with E-state index in [2.05, 4.69) is 15.6 Å². The Balaban J connectivity index is 1.57. The first-order chi connectivity index (χ1) is 20.1. The van der Waals surface area contributed by atoms with E-state index in [-0.39, 0.29) is 5.91 Å². The SMILES string of the molecule is COc1ccccc1NCc1c(-c2ccc(OC(=O)c3cccnc3C)cc2OC)ccc2c1N(C)C(=O)C(C)(C)N2. The highest BCUT2D eigenvalue weighted by Crippen LogP contribution is 2.45. The molecular weight excluding hydrogens is 532 g/mol. The zero-order chi connectivity index (χ0) is 30.0. The number of amides is 1. The number of fused-ring (bicyclic) bond motifs is 1. The average Bonchev–Trinajstić information content (AvgIpc) is 2.98. The number of rotatable bonds is 8. The Morgan fingerprint density at radius 1 is 0.976 bits per heavy atom. The topological polar surface area (TPSA) is 102 Å². The van der Waals surface area contributed by atoms with Crippen LogP contribution in [0.2, 0.25) is 0 Å². The molecule has 1 amide bonds. The molecule has 0 saturated heterocycles. The van der Waals surface area contributed by atoms with Crippen molar-refractivity contribution in [1.82, 2.24) is 4.98 Å². The van der Waals surface area contributed by atoms with Crippen LogP contribution in [0.25, 0.3) is 11.1 Å². The molecule has 9 nitrogen and oxygen atoms in total. The zero-order valence-electron chi connectivity index (χ0n) is 24.6. The lowest BCUT2D eigenvalue weighted by atomic mass is 9.91. The Hall–Kier alpha value is -5.05. The maximum atomic E-state index is 13.3. The van der Waals surface area contributed by atoms with Gasteiger partial charge < -0.3 is 29.7 Å². The van der Waals surface area contributed by atoms with Crippen LogP contribution >= 0.6 is 0 Å². The van der Waals surface area contributed by atoms with Gasteiger partial charge in [0.05, 0.1) is 42.5 Å². The summed E-state index contributed by atoms with van der Waals surface area (Å²) in [5.41, 5.74) is 5.17. The molecule has 9 heteroatoms. The van der Waals surface area contributed by atoms with E-state index in [0.717, 1.165) is 33.8 Å². The molecule has 42 heavy (non-hydrogen) atoms. The highest BCUT2D eigenvalue weighted by Gasteiger charge is 2.38. The van der Waals surface area contributed by atoms with Crippen LogP contribution in [0.4, 0.5) is 17.1 Å². The Bertz CT molecular complexity index is 1670. The summed E-state index contributed by atoms with van der Waals surface area (Å²) in [5, 5.41) is 6.89. The number of aryl methyl sites for hydroxylation is 1. The minimum absolute atomic E-state index is 0.0504. The van der Waals surface area contributed by atoms with Crippen LogP contribution in [0, 0.1) is 6.92 Å². The molecule has 0 aliphatic carbocycles. The summed E-state index contributed by atoms with van der Waals surface area (Å²) >= 11 is 0. The van der Waals surface area contributed by atoms with Crippen LogP contribution < -0.4 is 29.7 Å². The molecule has 0 unspecified atom stereocenters. The third kappa shape index (κ3) is 5.33. The number of likely N-dealkylation sites (N-methyl/N-ethyl adjacent to an activating group) is 1. The van der Waals surface area contributed by atoms with Gasteiger partial charge in [0.2, 0.25) is 0 Å². The number of esters is 1. The lowest BCUT2D eigenvalue weighted by molar-refractivity contribution is -0.121. The molecule has 0 radical (unpaired) electrons. The number of ether oxygens (including phenoxy) is 3. The van der Waals surface area contributed by atoms with Gasteiger partial charge in [-0.25, -0.2) is 4.79 Å². The highest BCUT2D eigenvalue weighted by molar-refractivity contribution is 6.09. The molecule has 0 atom stereocenters.